The number of nitrogens with one attached hydrogen (secondary N) is 1. The quantitative estimate of drug-likeness (QED) is 0.772. The van der Waals surface area contributed by atoms with Crippen molar-refractivity contribution in [2.75, 3.05) is 13.1 Å². The van der Waals surface area contributed by atoms with E-state index in [0.29, 0.717) is 0 Å². The maximum absolute atomic E-state index is 11.4. The predicted molar refractivity (Wildman–Crippen MR) is 56.6 cm³/mol. The first kappa shape index (κ1) is 11.0. The molecule has 1 aliphatic heterocycles. The van der Waals surface area contributed by atoms with Crippen LogP contribution < -0.4 is 5.43 Å². The molecule has 1 saturated heterocycles. The second-order valence-corrected chi connectivity index (χ2v) is 4.50. The summed E-state index contributed by atoms with van der Waals surface area (Å²) in [6.45, 7) is 3.99. The van der Waals surface area contributed by atoms with Crippen LogP contribution in [0.1, 0.15) is 32.6 Å². The summed E-state index contributed by atoms with van der Waals surface area (Å²) in [6, 6.07) is 0. The van der Waals surface area contributed by atoms with Gasteiger partial charge in [0, 0.05) is 13.1 Å². The summed E-state index contributed by atoms with van der Waals surface area (Å²) in [5.41, 5.74) is 2.92. The van der Waals surface area contributed by atoms with E-state index >= 15 is 0 Å². The molecule has 1 rings (SSSR count). The van der Waals surface area contributed by atoms with Crippen LogP contribution in [0.25, 0.3) is 0 Å². The fraction of sp³-hybridized carbons (Fsp3) is 0.889. The monoisotopic (exact) mass is 248 g/mol. The normalized spacial score (nSPS) is 21.1. The van der Waals surface area contributed by atoms with E-state index in [1.165, 1.54) is 19.3 Å². The molecule has 1 heterocycles. The molecule has 13 heavy (non-hydrogen) atoms. The number of halogens is 1. The molecular formula is C9H17BrN2O. The molecule has 1 fully saturated rings. The molecule has 0 radical (unpaired) electrons. The van der Waals surface area contributed by atoms with Gasteiger partial charge in [-0.05, 0) is 19.3 Å². The summed E-state index contributed by atoms with van der Waals surface area (Å²) in [5, 5.41) is 2.02. The third-order valence-electron chi connectivity index (χ3n) is 2.27. The van der Waals surface area contributed by atoms with Gasteiger partial charge in [-0.15, -0.1) is 0 Å². The van der Waals surface area contributed by atoms with E-state index in [2.05, 4.69) is 21.4 Å². The number of nitrogens with zero attached hydrogens (tertiary/aromatic N) is 1. The Morgan fingerprint density at radius 2 is 2.08 bits per heavy atom. The number of hydrazine groups is 1. The van der Waals surface area contributed by atoms with Crippen molar-refractivity contribution in [2.24, 2.45) is 0 Å². The molecule has 0 spiro atoms. The topological polar surface area (TPSA) is 32.3 Å². The number of alkyl halides is 1. The maximum Gasteiger partial charge on any atom is 0.248 e. The van der Waals surface area contributed by atoms with Gasteiger partial charge in [0.05, 0.1) is 4.83 Å². The average Bonchev–Trinajstić information content (AvgIpc) is 2.18. The third-order valence-corrected chi connectivity index (χ3v) is 3.33. The summed E-state index contributed by atoms with van der Waals surface area (Å²) in [6.07, 6.45) is 4.51. The minimum absolute atomic E-state index is 0.0468. The van der Waals surface area contributed by atoms with Crippen molar-refractivity contribution in [3.63, 3.8) is 0 Å². The van der Waals surface area contributed by atoms with Gasteiger partial charge in [0.1, 0.15) is 0 Å². The number of hydrogen-bond donors (Lipinski definition) is 1. The molecule has 1 aliphatic rings. The highest BCUT2D eigenvalue weighted by atomic mass is 79.9. The first-order valence-corrected chi connectivity index (χ1v) is 5.85. The van der Waals surface area contributed by atoms with Gasteiger partial charge in [0.25, 0.3) is 0 Å². The van der Waals surface area contributed by atoms with E-state index in [-0.39, 0.29) is 10.7 Å². The molecule has 0 aromatic rings. The predicted octanol–water partition coefficient (Wildman–Crippen LogP) is 1.68. The van der Waals surface area contributed by atoms with Gasteiger partial charge in [0.15, 0.2) is 0 Å². The van der Waals surface area contributed by atoms with Crippen LogP contribution in [0.5, 0.6) is 0 Å². The van der Waals surface area contributed by atoms with Gasteiger partial charge in [0.2, 0.25) is 5.91 Å². The van der Waals surface area contributed by atoms with Gasteiger partial charge >= 0.3 is 0 Å². The lowest BCUT2D eigenvalue weighted by atomic mass is 10.2. The highest BCUT2D eigenvalue weighted by Crippen LogP contribution is 2.08. The van der Waals surface area contributed by atoms with Crippen molar-refractivity contribution in [1.82, 2.24) is 10.4 Å². The first-order valence-electron chi connectivity index (χ1n) is 4.93. The van der Waals surface area contributed by atoms with E-state index in [0.717, 1.165) is 19.5 Å². The second-order valence-electron chi connectivity index (χ2n) is 3.40. The van der Waals surface area contributed by atoms with Crippen LogP contribution in [0.2, 0.25) is 0 Å². The van der Waals surface area contributed by atoms with E-state index in [1.54, 1.807) is 0 Å². The Labute approximate surface area is 88.0 Å². The fourth-order valence-electron chi connectivity index (χ4n) is 1.42. The first-order chi connectivity index (χ1) is 6.24. The Kier molecular flexibility index (Phi) is 4.73. The van der Waals surface area contributed by atoms with Crippen LogP contribution >= 0.6 is 15.9 Å². The minimum atomic E-state index is -0.0468. The zero-order valence-electron chi connectivity index (χ0n) is 8.05. The number of carbonyl (C=O) groups excluding carboxylic acids is 1. The van der Waals surface area contributed by atoms with Gasteiger partial charge in [-0.2, -0.15) is 0 Å². The molecule has 1 atom stereocenters. The SMILES string of the molecule is CCC(Br)C(=O)NN1CCCCC1. The zero-order chi connectivity index (χ0) is 9.68. The Morgan fingerprint density at radius 3 is 2.62 bits per heavy atom. The molecule has 3 nitrogen and oxygen atoms in total. The Balaban J connectivity index is 2.26. The van der Waals surface area contributed by atoms with E-state index in [9.17, 15) is 4.79 Å². The number of rotatable bonds is 3. The van der Waals surface area contributed by atoms with Crippen molar-refractivity contribution in [3.8, 4) is 0 Å². The van der Waals surface area contributed by atoms with Gasteiger partial charge in [-0.1, -0.05) is 29.3 Å². The van der Waals surface area contributed by atoms with Crippen LogP contribution in [0.15, 0.2) is 0 Å². The minimum Gasteiger partial charge on any atom is -0.288 e. The number of piperidine rings is 1. The number of hydrogen-bond acceptors (Lipinski definition) is 2. The summed E-state index contributed by atoms with van der Waals surface area (Å²) in [4.78, 5) is 11.4. The summed E-state index contributed by atoms with van der Waals surface area (Å²) < 4.78 is 0. The van der Waals surface area contributed by atoms with Gasteiger partial charge in [-0.3, -0.25) is 10.2 Å². The largest absolute Gasteiger partial charge is 0.288 e. The van der Waals surface area contributed by atoms with Crippen molar-refractivity contribution < 1.29 is 4.79 Å². The lowest BCUT2D eigenvalue weighted by Gasteiger charge is -2.27. The second kappa shape index (κ2) is 5.60. The lowest BCUT2D eigenvalue weighted by Crippen LogP contribution is -2.47. The smallest absolute Gasteiger partial charge is 0.248 e. The molecule has 4 heteroatoms. The molecule has 1 amide bonds. The molecule has 0 aromatic carbocycles. The van der Waals surface area contributed by atoms with Crippen LogP contribution in [-0.2, 0) is 4.79 Å². The standard InChI is InChI=1S/C9H17BrN2O/c1-2-8(10)9(13)11-12-6-4-3-5-7-12/h8H,2-7H2,1H3,(H,11,13). The van der Waals surface area contributed by atoms with Crippen LogP contribution in [0.3, 0.4) is 0 Å². The summed E-state index contributed by atoms with van der Waals surface area (Å²) in [7, 11) is 0. The highest BCUT2D eigenvalue weighted by molar-refractivity contribution is 9.10. The van der Waals surface area contributed by atoms with Crippen molar-refractivity contribution in [1.29, 1.82) is 0 Å². The van der Waals surface area contributed by atoms with E-state index in [1.807, 2.05) is 11.9 Å². The fourth-order valence-corrected chi connectivity index (χ4v) is 1.52. The zero-order valence-corrected chi connectivity index (χ0v) is 9.64. The van der Waals surface area contributed by atoms with Crippen LogP contribution in [-0.4, -0.2) is 28.8 Å². The van der Waals surface area contributed by atoms with Crippen LogP contribution in [0, 0.1) is 0 Å². The molecular weight excluding hydrogens is 232 g/mol. The Bertz CT molecular complexity index is 169. The molecule has 1 unspecified atom stereocenters. The molecule has 0 aromatic heterocycles. The van der Waals surface area contributed by atoms with E-state index in [4.69, 9.17) is 0 Å². The van der Waals surface area contributed by atoms with Crippen molar-refractivity contribution in [2.45, 2.75) is 37.4 Å². The molecule has 0 bridgehead atoms. The van der Waals surface area contributed by atoms with Crippen molar-refractivity contribution >= 4 is 21.8 Å². The van der Waals surface area contributed by atoms with Crippen LogP contribution in [0.4, 0.5) is 0 Å². The molecule has 76 valence electrons. The average molecular weight is 249 g/mol. The maximum atomic E-state index is 11.4. The van der Waals surface area contributed by atoms with E-state index < -0.39 is 0 Å². The number of carbonyl (C=O) groups is 1. The Hall–Kier alpha value is -0.0900. The molecule has 1 N–H and O–H groups in total. The highest BCUT2D eigenvalue weighted by Gasteiger charge is 2.16. The molecule has 0 saturated carbocycles. The summed E-state index contributed by atoms with van der Waals surface area (Å²) >= 11 is 3.33. The third kappa shape index (κ3) is 3.65. The van der Waals surface area contributed by atoms with Gasteiger partial charge in [-0.25, -0.2) is 5.01 Å². The van der Waals surface area contributed by atoms with Crippen molar-refractivity contribution in [3.05, 3.63) is 0 Å². The van der Waals surface area contributed by atoms with Gasteiger partial charge < -0.3 is 0 Å². The Morgan fingerprint density at radius 1 is 1.46 bits per heavy atom. The summed E-state index contributed by atoms with van der Waals surface area (Å²) in [5.74, 6) is 0.0874. The number of amides is 1. The lowest BCUT2D eigenvalue weighted by molar-refractivity contribution is -0.125. The molecule has 0 aliphatic carbocycles.